The summed E-state index contributed by atoms with van der Waals surface area (Å²) in [6.45, 7) is -0.181. The Morgan fingerprint density at radius 1 is 1.13 bits per heavy atom. The third-order valence-electron chi connectivity index (χ3n) is 0.965. The number of hydrazine groups is 1. The molecular weight excluding hydrogens is 210 g/mol. The second-order valence-corrected chi connectivity index (χ2v) is 2.32. The Bertz CT molecular complexity index is 231. The largest absolute Gasteiger partial charge is 0.481 e. The van der Waals surface area contributed by atoms with Crippen LogP contribution in [0.1, 0.15) is 6.42 Å². The van der Waals surface area contributed by atoms with Crippen LogP contribution in [0.25, 0.3) is 0 Å². The summed E-state index contributed by atoms with van der Waals surface area (Å²) in [6.07, 6.45) is -0.532. The van der Waals surface area contributed by atoms with E-state index in [0.717, 1.165) is 0 Å². The maximum Gasteiger partial charge on any atom is 0.321 e. The van der Waals surface area contributed by atoms with Crippen LogP contribution in [0.3, 0.4) is 0 Å². The summed E-state index contributed by atoms with van der Waals surface area (Å²) in [5.41, 5.74) is 6.80. The third-order valence-corrected chi connectivity index (χ3v) is 0.965. The highest BCUT2D eigenvalue weighted by Gasteiger charge is 2.14. The van der Waals surface area contributed by atoms with Gasteiger partial charge in [-0.3, -0.25) is 20.2 Å². The van der Waals surface area contributed by atoms with E-state index >= 15 is 0 Å². The lowest BCUT2D eigenvalue weighted by molar-refractivity contribution is -0.144. The van der Waals surface area contributed by atoms with Crippen molar-refractivity contribution in [2.24, 2.45) is 11.6 Å². The summed E-state index contributed by atoms with van der Waals surface area (Å²) < 4.78 is 0. The van der Waals surface area contributed by atoms with E-state index in [1.165, 1.54) is 0 Å². The molecule has 0 aromatic rings. The highest BCUT2D eigenvalue weighted by Crippen LogP contribution is 1.86. The average molecular weight is 223 g/mol. The Kier molecular flexibility index (Phi) is 9.31. The smallest absolute Gasteiger partial charge is 0.321 e. The quantitative estimate of drug-likeness (QED) is 0.215. The number of nitrogens with one attached hydrogen (secondary N) is 1. The lowest BCUT2D eigenvalue weighted by atomic mass is 10.2. The summed E-state index contributed by atoms with van der Waals surface area (Å²) in [7, 11) is 0. The number of hydrogen-bond acceptors (Lipinski definition) is 6. The maximum atomic E-state index is 9.85. The molecule has 0 fully saturated rings. The van der Waals surface area contributed by atoms with Crippen molar-refractivity contribution in [2.75, 3.05) is 6.54 Å². The van der Waals surface area contributed by atoms with E-state index in [-0.39, 0.29) is 6.54 Å². The zero-order valence-electron chi connectivity index (χ0n) is 7.71. The molecule has 0 heterocycles. The minimum absolute atomic E-state index is 0.181. The van der Waals surface area contributed by atoms with Crippen molar-refractivity contribution in [1.29, 1.82) is 0 Å². The predicted octanol–water partition coefficient (Wildman–Crippen LogP) is -2.59. The van der Waals surface area contributed by atoms with Gasteiger partial charge in [0, 0.05) is 0 Å². The first-order valence-electron chi connectivity index (χ1n) is 3.66. The molecule has 0 bridgehead atoms. The van der Waals surface area contributed by atoms with Gasteiger partial charge < -0.3 is 21.1 Å². The molecule has 15 heavy (non-hydrogen) atoms. The van der Waals surface area contributed by atoms with Crippen LogP contribution in [0, 0.1) is 0 Å². The van der Waals surface area contributed by atoms with Gasteiger partial charge in [-0.25, -0.2) is 5.43 Å². The molecule has 0 radical (unpaired) electrons. The van der Waals surface area contributed by atoms with E-state index in [4.69, 9.17) is 21.1 Å². The van der Waals surface area contributed by atoms with Gasteiger partial charge >= 0.3 is 17.9 Å². The average Bonchev–Trinajstić information content (AvgIpc) is 2.03. The molecule has 88 valence electrons. The number of rotatable bonds is 5. The maximum absolute atomic E-state index is 9.85. The molecule has 0 aromatic carbocycles. The molecule has 8 N–H and O–H groups in total. The summed E-state index contributed by atoms with van der Waals surface area (Å²) in [6, 6.07) is -1.29. The molecule has 1 atom stereocenters. The fraction of sp³-hybridized carbons (Fsp3) is 0.500. The van der Waals surface area contributed by atoms with Crippen molar-refractivity contribution in [3.05, 3.63) is 0 Å². The van der Waals surface area contributed by atoms with Gasteiger partial charge in [0.2, 0.25) is 0 Å². The van der Waals surface area contributed by atoms with Crippen LogP contribution in [0.5, 0.6) is 0 Å². The van der Waals surface area contributed by atoms with E-state index in [1.54, 1.807) is 0 Å². The summed E-state index contributed by atoms with van der Waals surface area (Å²) in [5.74, 6) is 1.15. The molecule has 0 saturated carbocycles. The number of hydrogen-bond donors (Lipinski definition) is 6. The van der Waals surface area contributed by atoms with Crippen LogP contribution < -0.4 is 17.0 Å². The van der Waals surface area contributed by atoms with Gasteiger partial charge in [0.15, 0.2) is 0 Å². The summed E-state index contributed by atoms with van der Waals surface area (Å²) >= 11 is 0. The van der Waals surface area contributed by atoms with Crippen LogP contribution >= 0.6 is 0 Å². The second-order valence-electron chi connectivity index (χ2n) is 2.32. The van der Waals surface area contributed by atoms with Gasteiger partial charge in [0.05, 0.1) is 6.42 Å². The number of aliphatic carboxylic acids is 3. The topological polar surface area (TPSA) is 176 Å². The normalized spacial score (nSPS) is 10.8. The first-order chi connectivity index (χ1) is 6.81. The molecule has 0 rings (SSSR count). The number of carboxylic acids is 3. The first kappa shape index (κ1) is 15.7. The highest BCUT2D eigenvalue weighted by atomic mass is 16.4. The molecule has 9 heteroatoms. The Morgan fingerprint density at radius 2 is 1.60 bits per heavy atom. The van der Waals surface area contributed by atoms with Gasteiger partial charge in [-0.05, 0) is 0 Å². The van der Waals surface area contributed by atoms with E-state index in [1.807, 2.05) is 5.43 Å². The van der Waals surface area contributed by atoms with Crippen LogP contribution in [0.4, 0.5) is 0 Å². The first-order valence-corrected chi connectivity index (χ1v) is 3.66. The van der Waals surface area contributed by atoms with Gasteiger partial charge in [-0.1, -0.05) is 0 Å². The van der Waals surface area contributed by atoms with Gasteiger partial charge in [-0.15, -0.1) is 0 Å². The van der Waals surface area contributed by atoms with Gasteiger partial charge in [-0.2, -0.15) is 0 Å². The van der Waals surface area contributed by atoms with Crippen LogP contribution in [-0.2, 0) is 14.4 Å². The second kappa shape index (κ2) is 8.87. The Balaban J connectivity index is 0. The predicted molar refractivity (Wildman–Crippen MR) is 47.7 cm³/mol. The van der Waals surface area contributed by atoms with Crippen molar-refractivity contribution in [2.45, 2.75) is 12.5 Å². The minimum Gasteiger partial charge on any atom is -0.481 e. The SMILES string of the molecule is NNCC(=O)O.N[C@@H](CC(=O)O)C(=O)O. The number of nitrogens with two attached hydrogens (primary N) is 2. The lowest BCUT2D eigenvalue weighted by Crippen LogP contribution is -2.32. The number of carboxylic acid groups (broad SMARTS) is 3. The number of carbonyl (C=O) groups is 3. The van der Waals surface area contributed by atoms with Crippen molar-refractivity contribution in [3.63, 3.8) is 0 Å². The summed E-state index contributed by atoms with van der Waals surface area (Å²) in [4.78, 5) is 29.1. The molecule has 0 amide bonds. The van der Waals surface area contributed by atoms with Crippen LogP contribution in [-0.4, -0.2) is 45.8 Å². The van der Waals surface area contributed by atoms with Crippen molar-refractivity contribution >= 4 is 17.9 Å². The van der Waals surface area contributed by atoms with E-state index in [9.17, 15) is 14.4 Å². The van der Waals surface area contributed by atoms with Crippen molar-refractivity contribution < 1.29 is 29.7 Å². The molecule has 9 nitrogen and oxygen atoms in total. The molecule has 0 saturated heterocycles. The van der Waals surface area contributed by atoms with Crippen LogP contribution in [0.15, 0.2) is 0 Å². The fourth-order valence-corrected chi connectivity index (χ4v) is 0.363. The fourth-order valence-electron chi connectivity index (χ4n) is 0.363. The van der Waals surface area contributed by atoms with E-state index in [2.05, 4.69) is 5.84 Å². The Morgan fingerprint density at radius 3 is 1.67 bits per heavy atom. The van der Waals surface area contributed by atoms with E-state index < -0.39 is 30.4 Å². The lowest BCUT2D eigenvalue weighted by Gasteiger charge is -1.99. The minimum atomic E-state index is -1.29. The highest BCUT2D eigenvalue weighted by molar-refractivity contribution is 5.80. The van der Waals surface area contributed by atoms with Crippen LogP contribution in [0.2, 0.25) is 0 Å². The molecular formula is C6H13N3O6. The van der Waals surface area contributed by atoms with Crippen molar-refractivity contribution in [1.82, 2.24) is 5.43 Å². The molecule has 0 aliphatic rings. The molecule has 0 unspecified atom stereocenters. The third kappa shape index (κ3) is 15.1. The molecule has 0 aliphatic heterocycles. The standard InChI is InChI=1S/C4H7NO4.C2H6N2O2/c5-2(4(8)9)1-3(6)7;3-4-1-2(5)6/h2H,1,5H2,(H,6,7)(H,8,9);4H,1,3H2,(H,5,6)/t2-;/m0./s1. The van der Waals surface area contributed by atoms with Gasteiger partial charge in [0.25, 0.3) is 0 Å². The Hall–Kier alpha value is -1.71. The van der Waals surface area contributed by atoms with E-state index in [0.29, 0.717) is 0 Å². The monoisotopic (exact) mass is 223 g/mol. The Labute approximate surface area is 84.6 Å². The zero-order chi connectivity index (χ0) is 12.4. The van der Waals surface area contributed by atoms with Gasteiger partial charge in [0.1, 0.15) is 12.6 Å². The zero-order valence-corrected chi connectivity index (χ0v) is 7.71. The summed E-state index contributed by atoms with van der Waals surface area (Å²) in [5, 5.41) is 23.8. The molecule has 0 aliphatic carbocycles. The molecule has 0 aromatic heterocycles. The molecule has 0 spiro atoms. The van der Waals surface area contributed by atoms with Crippen molar-refractivity contribution in [3.8, 4) is 0 Å².